The van der Waals surface area contributed by atoms with E-state index < -0.39 is 0 Å². The minimum Gasteiger partial charge on any atom is -0.477 e. The van der Waals surface area contributed by atoms with Crippen molar-refractivity contribution in [3.05, 3.63) is 59.0 Å². The molecule has 0 bridgehead atoms. The molecular formula is C13H11ClFNO. The third-order valence-electron chi connectivity index (χ3n) is 2.24. The van der Waals surface area contributed by atoms with E-state index >= 15 is 0 Å². The zero-order valence-corrected chi connectivity index (χ0v) is 9.82. The molecule has 0 atom stereocenters. The van der Waals surface area contributed by atoms with E-state index in [-0.39, 0.29) is 5.82 Å². The van der Waals surface area contributed by atoms with Crippen LogP contribution in [0.4, 0.5) is 4.39 Å². The van der Waals surface area contributed by atoms with Gasteiger partial charge < -0.3 is 4.74 Å². The molecule has 0 saturated carbocycles. The highest BCUT2D eigenvalue weighted by Gasteiger charge is 1.98. The molecule has 0 amide bonds. The van der Waals surface area contributed by atoms with Gasteiger partial charge in [-0.25, -0.2) is 9.37 Å². The molecule has 0 unspecified atom stereocenters. The standard InChI is InChI=1S/C13H11ClFNO/c14-12-2-1-3-13(16-12)17-9-8-10-4-6-11(15)7-5-10/h1-7H,8-9H2. The van der Waals surface area contributed by atoms with Crippen molar-refractivity contribution in [3.63, 3.8) is 0 Å². The highest BCUT2D eigenvalue weighted by molar-refractivity contribution is 6.29. The highest BCUT2D eigenvalue weighted by atomic mass is 35.5. The van der Waals surface area contributed by atoms with Crippen LogP contribution in [0.25, 0.3) is 0 Å². The normalized spacial score (nSPS) is 10.2. The maximum absolute atomic E-state index is 12.7. The molecule has 0 fully saturated rings. The summed E-state index contributed by atoms with van der Waals surface area (Å²) in [5.74, 6) is 0.269. The molecular weight excluding hydrogens is 241 g/mol. The number of nitrogens with zero attached hydrogens (tertiary/aromatic N) is 1. The Kier molecular flexibility index (Phi) is 3.94. The Morgan fingerprint density at radius 2 is 1.88 bits per heavy atom. The van der Waals surface area contributed by atoms with Gasteiger partial charge in [0.05, 0.1) is 6.61 Å². The monoisotopic (exact) mass is 251 g/mol. The lowest BCUT2D eigenvalue weighted by molar-refractivity contribution is 0.309. The third kappa shape index (κ3) is 3.71. The number of rotatable bonds is 4. The van der Waals surface area contributed by atoms with Crippen LogP contribution in [0, 0.1) is 5.82 Å². The molecule has 0 aliphatic carbocycles. The van der Waals surface area contributed by atoms with Gasteiger partial charge in [-0.2, -0.15) is 0 Å². The van der Waals surface area contributed by atoms with Crippen LogP contribution in [0.1, 0.15) is 5.56 Å². The molecule has 2 rings (SSSR count). The minimum absolute atomic E-state index is 0.230. The van der Waals surface area contributed by atoms with E-state index in [1.54, 1.807) is 30.3 Å². The van der Waals surface area contributed by atoms with E-state index in [4.69, 9.17) is 16.3 Å². The fourth-order valence-corrected chi connectivity index (χ4v) is 1.55. The maximum Gasteiger partial charge on any atom is 0.214 e. The van der Waals surface area contributed by atoms with Crippen molar-refractivity contribution in [2.45, 2.75) is 6.42 Å². The fraction of sp³-hybridized carbons (Fsp3) is 0.154. The Labute approximate surface area is 104 Å². The van der Waals surface area contributed by atoms with E-state index in [1.807, 2.05) is 0 Å². The predicted molar refractivity (Wildman–Crippen MR) is 64.8 cm³/mol. The van der Waals surface area contributed by atoms with Crippen LogP contribution in [0.3, 0.4) is 0 Å². The first-order valence-corrected chi connectivity index (χ1v) is 5.61. The van der Waals surface area contributed by atoms with Crippen molar-refractivity contribution in [1.82, 2.24) is 4.98 Å². The summed E-state index contributed by atoms with van der Waals surface area (Å²) in [7, 11) is 0. The molecule has 17 heavy (non-hydrogen) atoms. The summed E-state index contributed by atoms with van der Waals surface area (Å²) in [6.07, 6.45) is 0.703. The smallest absolute Gasteiger partial charge is 0.214 e. The lowest BCUT2D eigenvalue weighted by Crippen LogP contribution is -2.02. The molecule has 0 N–H and O–H groups in total. The Morgan fingerprint density at radius 3 is 2.59 bits per heavy atom. The molecule has 2 aromatic rings. The quantitative estimate of drug-likeness (QED) is 0.776. The summed E-state index contributed by atoms with van der Waals surface area (Å²) in [5.41, 5.74) is 1.02. The number of halogens is 2. The maximum atomic E-state index is 12.7. The van der Waals surface area contributed by atoms with E-state index in [1.165, 1.54) is 12.1 Å². The predicted octanol–water partition coefficient (Wildman–Crippen LogP) is 3.50. The van der Waals surface area contributed by atoms with Crippen LogP contribution in [0.2, 0.25) is 5.15 Å². The Morgan fingerprint density at radius 1 is 1.12 bits per heavy atom. The Hall–Kier alpha value is -1.61. The first-order valence-electron chi connectivity index (χ1n) is 5.24. The second-order valence-corrected chi connectivity index (χ2v) is 3.91. The summed E-state index contributed by atoms with van der Waals surface area (Å²) in [6.45, 7) is 0.485. The fourth-order valence-electron chi connectivity index (χ4n) is 1.39. The molecule has 88 valence electrons. The molecule has 0 aliphatic heterocycles. The zero-order chi connectivity index (χ0) is 12.1. The average molecular weight is 252 g/mol. The topological polar surface area (TPSA) is 22.1 Å². The zero-order valence-electron chi connectivity index (χ0n) is 9.07. The van der Waals surface area contributed by atoms with Crippen LogP contribution in [0.15, 0.2) is 42.5 Å². The van der Waals surface area contributed by atoms with Crippen LogP contribution in [-0.4, -0.2) is 11.6 Å². The Balaban J connectivity index is 1.85. The van der Waals surface area contributed by atoms with Gasteiger partial charge in [-0.05, 0) is 23.8 Å². The number of benzene rings is 1. The molecule has 1 aromatic heterocycles. The number of hydrogen-bond donors (Lipinski definition) is 0. The van der Waals surface area contributed by atoms with Gasteiger partial charge in [0, 0.05) is 12.5 Å². The van der Waals surface area contributed by atoms with Crippen molar-refractivity contribution in [3.8, 4) is 5.88 Å². The van der Waals surface area contributed by atoms with E-state index in [9.17, 15) is 4.39 Å². The van der Waals surface area contributed by atoms with Gasteiger partial charge in [0.2, 0.25) is 5.88 Å². The van der Waals surface area contributed by atoms with Gasteiger partial charge in [0.25, 0.3) is 0 Å². The van der Waals surface area contributed by atoms with Gasteiger partial charge in [0.15, 0.2) is 0 Å². The minimum atomic E-state index is -0.230. The van der Waals surface area contributed by atoms with Gasteiger partial charge in [-0.15, -0.1) is 0 Å². The van der Waals surface area contributed by atoms with E-state index in [2.05, 4.69) is 4.98 Å². The van der Waals surface area contributed by atoms with Crippen molar-refractivity contribution >= 4 is 11.6 Å². The number of pyridine rings is 1. The largest absolute Gasteiger partial charge is 0.477 e. The number of hydrogen-bond acceptors (Lipinski definition) is 2. The highest BCUT2D eigenvalue weighted by Crippen LogP contribution is 2.12. The van der Waals surface area contributed by atoms with E-state index in [0.717, 1.165) is 5.56 Å². The van der Waals surface area contributed by atoms with Gasteiger partial charge >= 0.3 is 0 Å². The van der Waals surface area contributed by atoms with Crippen LogP contribution < -0.4 is 4.74 Å². The van der Waals surface area contributed by atoms with Crippen LogP contribution in [-0.2, 0) is 6.42 Å². The van der Waals surface area contributed by atoms with Gasteiger partial charge in [-0.3, -0.25) is 0 Å². The second kappa shape index (κ2) is 5.64. The van der Waals surface area contributed by atoms with Crippen molar-refractivity contribution in [2.24, 2.45) is 0 Å². The van der Waals surface area contributed by atoms with Crippen molar-refractivity contribution in [1.29, 1.82) is 0 Å². The van der Waals surface area contributed by atoms with E-state index in [0.29, 0.717) is 24.1 Å². The van der Waals surface area contributed by atoms with Crippen molar-refractivity contribution < 1.29 is 9.13 Å². The second-order valence-electron chi connectivity index (χ2n) is 3.52. The lowest BCUT2D eigenvalue weighted by atomic mass is 10.2. The van der Waals surface area contributed by atoms with Gasteiger partial charge in [-0.1, -0.05) is 29.8 Å². The van der Waals surface area contributed by atoms with Crippen LogP contribution in [0.5, 0.6) is 5.88 Å². The lowest BCUT2D eigenvalue weighted by Gasteiger charge is -2.05. The molecule has 1 heterocycles. The first kappa shape index (κ1) is 11.9. The summed E-state index contributed by atoms with van der Waals surface area (Å²) in [4.78, 5) is 4.00. The molecule has 4 heteroatoms. The molecule has 0 aliphatic rings. The summed E-state index contributed by atoms with van der Waals surface area (Å²) >= 11 is 5.73. The Bertz CT molecular complexity index is 487. The summed E-state index contributed by atoms with van der Waals surface area (Å²) in [5, 5.41) is 0.407. The molecule has 0 saturated heterocycles. The van der Waals surface area contributed by atoms with Gasteiger partial charge in [0.1, 0.15) is 11.0 Å². The molecule has 0 spiro atoms. The summed E-state index contributed by atoms with van der Waals surface area (Å²) in [6, 6.07) is 11.6. The van der Waals surface area contributed by atoms with Crippen LogP contribution >= 0.6 is 11.6 Å². The summed E-state index contributed by atoms with van der Waals surface area (Å²) < 4.78 is 18.1. The number of ether oxygens (including phenoxy) is 1. The molecule has 2 nitrogen and oxygen atoms in total. The van der Waals surface area contributed by atoms with Crippen molar-refractivity contribution in [2.75, 3.05) is 6.61 Å². The molecule has 0 radical (unpaired) electrons. The number of aromatic nitrogens is 1. The first-order chi connectivity index (χ1) is 8.24. The SMILES string of the molecule is Fc1ccc(CCOc2cccc(Cl)n2)cc1. The third-order valence-corrected chi connectivity index (χ3v) is 2.45. The molecule has 1 aromatic carbocycles. The average Bonchev–Trinajstić information content (AvgIpc) is 2.32.